The van der Waals surface area contributed by atoms with E-state index in [0.717, 1.165) is 12.4 Å². The summed E-state index contributed by atoms with van der Waals surface area (Å²) in [5, 5.41) is 10.7. The number of nitriles is 1. The molecule has 2 aromatic rings. The first-order chi connectivity index (χ1) is 7.79. The Labute approximate surface area is 98.6 Å². The Bertz CT molecular complexity index is 482. The molecule has 3 nitrogen and oxygen atoms in total. The van der Waals surface area contributed by atoms with Crippen LogP contribution in [0.5, 0.6) is 0 Å². The molecule has 0 aliphatic heterocycles. The third-order valence-corrected chi connectivity index (χ3v) is 3.10. The fourth-order valence-corrected chi connectivity index (χ4v) is 2.15. The average Bonchev–Trinajstić information content (AvgIpc) is 2.82. The number of rotatable bonds is 3. The highest BCUT2D eigenvalue weighted by atomic mass is 32.1. The molecule has 0 radical (unpaired) electrons. The van der Waals surface area contributed by atoms with Crippen LogP contribution in [-0.4, -0.2) is 12.0 Å². The molecule has 0 saturated heterocycles. The van der Waals surface area contributed by atoms with Gasteiger partial charge in [-0.2, -0.15) is 5.26 Å². The Hall–Kier alpha value is -1.86. The van der Waals surface area contributed by atoms with Crippen molar-refractivity contribution in [3.63, 3.8) is 0 Å². The van der Waals surface area contributed by atoms with Crippen LogP contribution in [0.1, 0.15) is 10.4 Å². The minimum Gasteiger partial charge on any atom is -0.355 e. The fraction of sp³-hybridized carbons (Fsp3) is 0.167. The normalized spacial score (nSPS) is 9.75. The van der Waals surface area contributed by atoms with E-state index in [2.05, 4.69) is 27.4 Å². The number of hydrogen-bond donors (Lipinski definition) is 0. The van der Waals surface area contributed by atoms with Crippen molar-refractivity contribution in [3.05, 3.63) is 46.3 Å². The van der Waals surface area contributed by atoms with E-state index in [-0.39, 0.29) is 0 Å². The van der Waals surface area contributed by atoms with Gasteiger partial charge in [0.2, 0.25) is 0 Å². The summed E-state index contributed by atoms with van der Waals surface area (Å²) in [5.74, 6) is 0.882. The lowest BCUT2D eigenvalue weighted by Gasteiger charge is -2.16. The van der Waals surface area contributed by atoms with Crippen molar-refractivity contribution in [2.24, 2.45) is 0 Å². The van der Waals surface area contributed by atoms with Gasteiger partial charge in [-0.15, -0.1) is 11.3 Å². The highest BCUT2D eigenvalue weighted by molar-refractivity contribution is 7.09. The summed E-state index contributed by atoms with van der Waals surface area (Å²) in [7, 11) is 1.99. The van der Waals surface area contributed by atoms with E-state index >= 15 is 0 Å². The van der Waals surface area contributed by atoms with E-state index in [4.69, 9.17) is 5.26 Å². The molecule has 0 fully saturated rings. The van der Waals surface area contributed by atoms with E-state index in [9.17, 15) is 0 Å². The van der Waals surface area contributed by atoms with Crippen LogP contribution < -0.4 is 4.90 Å². The number of thiophene rings is 1. The molecule has 0 saturated carbocycles. The highest BCUT2D eigenvalue weighted by Crippen LogP contribution is 2.15. The Kier molecular flexibility index (Phi) is 3.18. The SMILES string of the molecule is CN(Cc1cccs1)c1ccc(C#N)cn1. The lowest BCUT2D eigenvalue weighted by Crippen LogP contribution is -2.16. The van der Waals surface area contributed by atoms with Crippen LogP contribution >= 0.6 is 11.3 Å². The van der Waals surface area contributed by atoms with Crippen molar-refractivity contribution in [2.45, 2.75) is 6.54 Å². The topological polar surface area (TPSA) is 39.9 Å². The molecule has 0 aliphatic carbocycles. The van der Waals surface area contributed by atoms with Crippen molar-refractivity contribution in [1.82, 2.24) is 4.98 Å². The van der Waals surface area contributed by atoms with E-state index in [0.29, 0.717) is 5.56 Å². The summed E-state index contributed by atoms with van der Waals surface area (Å²) >= 11 is 1.73. The zero-order chi connectivity index (χ0) is 11.4. The van der Waals surface area contributed by atoms with Crippen molar-refractivity contribution in [2.75, 3.05) is 11.9 Å². The summed E-state index contributed by atoms with van der Waals surface area (Å²) in [6, 6.07) is 9.86. The number of nitrogens with zero attached hydrogens (tertiary/aromatic N) is 3. The molecule has 4 heteroatoms. The maximum atomic E-state index is 8.67. The largest absolute Gasteiger partial charge is 0.355 e. The number of aromatic nitrogens is 1. The first-order valence-electron chi connectivity index (χ1n) is 4.89. The van der Waals surface area contributed by atoms with Crippen molar-refractivity contribution in [3.8, 4) is 6.07 Å². The smallest absolute Gasteiger partial charge is 0.128 e. The minimum absolute atomic E-state index is 0.591. The third-order valence-electron chi connectivity index (χ3n) is 2.24. The lowest BCUT2D eigenvalue weighted by atomic mass is 10.3. The van der Waals surface area contributed by atoms with Gasteiger partial charge in [0.05, 0.1) is 12.1 Å². The third kappa shape index (κ3) is 2.38. The second kappa shape index (κ2) is 4.77. The molecule has 2 aromatic heterocycles. The van der Waals surface area contributed by atoms with E-state index < -0.39 is 0 Å². The van der Waals surface area contributed by atoms with Gasteiger partial charge in [0.25, 0.3) is 0 Å². The molecule has 2 rings (SSSR count). The van der Waals surface area contributed by atoms with Crippen molar-refractivity contribution in [1.29, 1.82) is 5.26 Å². The predicted molar refractivity (Wildman–Crippen MR) is 65.4 cm³/mol. The summed E-state index contributed by atoms with van der Waals surface area (Å²) in [6.07, 6.45) is 1.60. The molecule has 0 spiro atoms. The van der Waals surface area contributed by atoms with Crippen molar-refractivity contribution >= 4 is 17.2 Å². The summed E-state index contributed by atoms with van der Waals surface area (Å²) in [5.41, 5.74) is 0.591. The van der Waals surface area contributed by atoms with Gasteiger partial charge >= 0.3 is 0 Å². The molecule has 0 unspecified atom stereocenters. The zero-order valence-electron chi connectivity index (χ0n) is 8.92. The summed E-state index contributed by atoms with van der Waals surface area (Å²) < 4.78 is 0. The first kappa shape index (κ1) is 10.7. The van der Waals surface area contributed by atoms with Crippen LogP contribution in [0.25, 0.3) is 0 Å². The Morgan fingerprint density at radius 2 is 2.31 bits per heavy atom. The Balaban J connectivity index is 2.09. The predicted octanol–water partition coefficient (Wildman–Crippen LogP) is 2.65. The standard InChI is InChI=1S/C12H11N3S/c1-15(9-11-3-2-6-16-11)12-5-4-10(7-13)8-14-12/h2-6,8H,9H2,1H3. The molecule has 0 aromatic carbocycles. The van der Waals surface area contributed by atoms with Crippen LogP contribution in [0, 0.1) is 11.3 Å². The monoisotopic (exact) mass is 229 g/mol. The maximum Gasteiger partial charge on any atom is 0.128 e. The van der Waals surface area contributed by atoms with E-state index in [1.807, 2.05) is 19.2 Å². The lowest BCUT2D eigenvalue weighted by molar-refractivity contribution is 0.912. The van der Waals surface area contributed by atoms with E-state index in [1.54, 1.807) is 23.6 Å². The molecule has 2 heterocycles. The van der Waals surface area contributed by atoms with Gasteiger partial charge in [-0.05, 0) is 23.6 Å². The molecule has 0 aliphatic rings. The molecule has 80 valence electrons. The van der Waals surface area contributed by atoms with Gasteiger partial charge in [-0.25, -0.2) is 4.98 Å². The van der Waals surface area contributed by atoms with Crippen LogP contribution in [0.15, 0.2) is 35.8 Å². The molecular formula is C12H11N3S. The van der Waals surface area contributed by atoms with E-state index in [1.165, 1.54) is 4.88 Å². The number of hydrogen-bond acceptors (Lipinski definition) is 4. The zero-order valence-corrected chi connectivity index (χ0v) is 9.74. The molecule has 0 amide bonds. The quantitative estimate of drug-likeness (QED) is 0.812. The first-order valence-corrected chi connectivity index (χ1v) is 5.77. The Morgan fingerprint density at radius 3 is 2.88 bits per heavy atom. The fourth-order valence-electron chi connectivity index (χ4n) is 1.40. The van der Waals surface area contributed by atoms with Gasteiger partial charge in [0.15, 0.2) is 0 Å². The van der Waals surface area contributed by atoms with Gasteiger partial charge in [0.1, 0.15) is 11.9 Å². The summed E-state index contributed by atoms with van der Waals surface area (Å²) in [4.78, 5) is 7.60. The second-order valence-electron chi connectivity index (χ2n) is 3.45. The summed E-state index contributed by atoms with van der Waals surface area (Å²) in [6.45, 7) is 0.844. The van der Waals surface area contributed by atoms with Crippen LogP contribution in [0.2, 0.25) is 0 Å². The minimum atomic E-state index is 0.591. The number of pyridine rings is 1. The average molecular weight is 229 g/mol. The molecule has 0 atom stereocenters. The maximum absolute atomic E-state index is 8.67. The van der Waals surface area contributed by atoms with Crippen molar-refractivity contribution < 1.29 is 0 Å². The Morgan fingerprint density at radius 1 is 1.44 bits per heavy atom. The highest BCUT2D eigenvalue weighted by Gasteiger charge is 2.03. The van der Waals surface area contributed by atoms with Gasteiger partial charge in [-0.3, -0.25) is 0 Å². The van der Waals surface area contributed by atoms with Gasteiger partial charge in [0, 0.05) is 18.1 Å². The molecule has 0 N–H and O–H groups in total. The molecule has 0 bridgehead atoms. The van der Waals surface area contributed by atoms with Gasteiger partial charge < -0.3 is 4.90 Å². The molecule has 16 heavy (non-hydrogen) atoms. The molecular weight excluding hydrogens is 218 g/mol. The van der Waals surface area contributed by atoms with Crippen LogP contribution in [0.4, 0.5) is 5.82 Å². The van der Waals surface area contributed by atoms with Crippen LogP contribution in [0.3, 0.4) is 0 Å². The van der Waals surface area contributed by atoms with Crippen LogP contribution in [-0.2, 0) is 6.54 Å². The second-order valence-corrected chi connectivity index (χ2v) is 4.48. The van der Waals surface area contributed by atoms with Gasteiger partial charge in [-0.1, -0.05) is 6.07 Å². The number of anilines is 1.